The zero-order chi connectivity index (χ0) is 10.2. The number of halogens is 2. The van der Waals surface area contributed by atoms with Crippen LogP contribution in [-0.2, 0) is 4.74 Å². The molecule has 15 heavy (non-hydrogen) atoms. The molecule has 1 aliphatic heterocycles. The minimum Gasteiger partial charge on any atom is -1.00 e. The van der Waals surface area contributed by atoms with Gasteiger partial charge in [0.05, 0.1) is 0 Å². The molecule has 1 aromatic rings. The lowest BCUT2D eigenvalue weighted by atomic mass is 10.1. The van der Waals surface area contributed by atoms with Gasteiger partial charge < -0.3 is 17.1 Å². The van der Waals surface area contributed by atoms with Crippen LogP contribution in [0.25, 0.3) is 0 Å². The summed E-state index contributed by atoms with van der Waals surface area (Å²) in [6.07, 6.45) is 0. The average Bonchev–Trinajstić information content (AvgIpc) is 2.47. The molecule has 0 atom stereocenters. The fourth-order valence-electron chi connectivity index (χ4n) is 1.42. The van der Waals surface area contributed by atoms with E-state index in [9.17, 15) is 4.39 Å². The van der Waals surface area contributed by atoms with Gasteiger partial charge in [0.25, 0.3) is 0 Å². The molecule has 4 heteroatoms. The van der Waals surface area contributed by atoms with Crippen LogP contribution in [0.2, 0.25) is 0 Å². The van der Waals surface area contributed by atoms with Crippen LogP contribution in [0, 0.1) is 5.82 Å². The van der Waals surface area contributed by atoms with E-state index < -0.39 is 0 Å². The van der Waals surface area contributed by atoms with Crippen molar-refractivity contribution >= 4 is 5.90 Å². The lowest BCUT2D eigenvalue weighted by Crippen LogP contribution is -3.00. The minimum absolute atomic E-state index is 0. The van der Waals surface area contributed by atoms with Crippen LogP contribution in [0.15, 0.2) is 24.3 Å². The van der Waals surface area contributed by atoms with E-state index in [0.29, 0.717) is 18.1 Å². The van der Waals surface area contributed by atoms with E-state index in [4.69, 9.17) is 4.74 Å². The number of hydrogen-bond acceptors (Lipinski definition) is 1. The Morgan fingerprint density at radius 1 is 1.33 bits per heavy atom. The monoisotopic (exact) mass is 229 g/mol. The average molecular weight is 230 g/mol. The second-order valence-electron chi connectivity index (χ2n) is 4.11. The van der Waals surface area contributed by atoms with Gasteiger partial charge in [-0.2, -0.15) is 0 Å². The maximum atomic E-state index is 13.4. The summed E-state index contributed by atoms with van der Waals surface area (Å²) in [5.74, 6) is 0.279. The summed E-state index contributed by atoms with van der Waals surface area (Å²) >= 11 is 0. The van der Waals surface area contributed by atoms with Crippen molar-refractivity contribution in [1.29, 1.82) is 0 Å². The predicted molar refractivity (Wildman–Crippen MR) is 51.5 cm³/mol. The first-order valence-corrected chi connectivity index (χ1v) is 4.61. The summed E-state index contributed by atoms with van der Waals surface area (Å²) in [5.41, 5.74) is 0.385. The molecule has 0 saturated carbocycles. The van der Waals surface area contributed by atoms with Gasteiger partial charge in [-0.15, -0.1) is 0 Å². The molecular formula is C11H13ClFNO. The zero-order valence-corrected chi connectivity index (χ0v) is 9.44. The van der Waals surface area contributed by atoms with Crippen molar-refractivity contribution in [2.75, 3.05) is 6.61 Å². The van der Waals surface area contributed by atoms with Crippen molar-refractivity contribution in [3.63, 3.8) is 0 Å². The van der Waals surface area contributed by atoms with Gasteiger partial charge in [0.1, 0.15) is 11.4 Å². The molecule has 1 heterocycles. The van der Waals surface area contributed by atoms with E-state index in [-0.39, 0.29) is 23.8 Å². The Hall–Kier alpha value is -1.09. The topological polar surface area (TPSA) is 23.2 Å². The van der Waals surface area contributed by atoms with Crippen molar-refractivity contribution in [3.05, 3.63) is 35.6 Å². The number of rotatable bonds is 1. The van der Waals surface area contributed by atoms with Crippen LogP contribution in [0.5, 0.6) is 0 Å². The first-order valence-electron chi connectivity index (χ1n) is 4.61. The molecule has 0 amide bonds. The fourth-order valence-corrected chi connectivity index (χ4v) is 1.42. The third-order valence-electron chi connectivity index (χ3n) is 2.15. The van der Waals surface area contributed by atoms with E-state index in [1.807, 2.05) is 13.8 Å². The second kappa shape index (κ2) is 4.19. The van der Waals surface area contributed by atoms with Crippen LogP contribution in [0.1, 0.15) is 19.4 Å². The molecule has 0 radical (unpaired) electrons. The second-order valence-corrected chi connectivity index (χ2v) is 4.11. The lowest BCUT2D eigenvalue weighted by Gasteiger charge is -2.01. The largest absolute Gasteiger partial charge is 1.00 e. The molecule has 0 fully saturated rings. The van der Waals surface area contributed by atoms with E-state index in [0.717, 1.165) is 0 Å². The SMILES string of the molecule is CC1(C)COC(c2ccccc2F)=[NH+]1.[Cl-]. The molecule has 0 saturated heterocycles. The Labute approximate surface area is 94.6 Å². The highest BCUT2D eigenvalue weighted by Crippen LogP contribution is 2.10. The Morgan fingerprint density at radius 3 is 2.53 bits per heavy atom. The Morgan fingerprint density at radius 2 is 2.00 bits per heavy atom. The summed E-state index contributed by atoms with van der Waals surface area (Å²) in [6, 6.07) is 6.60. The summed E-state index contributed by atoms with van der Waals surface area (Å²) in [4.78, 5) is 3.14. The van der Waals surface area contributed by atoms with Gasteiger partial charge in [0, 0.05) is 13.8 Å². The van der Waals surface area contributed by atoms with Gasteiger partial charge in [-0.05, 0) is 12.1 Å². The molecule has 0 bridgehead atoms. The van der Waals surface area contributed by atoms with Crippen LogP contribution in [0.4, 0.5) is 4.39 Å². The molecule has 1 aromatic carbocycles. The summed E-state index contributed by atoms with van der Waals surface area (Å²) in [6.45, 7) is 4.60. The Balaban J connectivity index is 0.00000112. The van der Waals surface area contributed by atoms with E-state index in [1.54, 1.807) is 18.2 Å². The van der Waals surface area contributed by atoms with Crippen molar-refractivity contribution in [3.8, 4) is 0 Å². The highest BCUT2D eigenvalue weighted by Gasteiger charge is 2.35. The lowest BCUT2D eigenvalue weighted by molar-refractivity contribution is -0.529. The standard InChI is InChI=1S/C11H12FNO.ClH/c1-11(2)7-14-10(13-11)8-5-3-4-6-9(8)12;/h3-6H,7H2,1-2H3;1H. The molecular weight excluding hydrogens is 217 g/mol. The van der Waals surface area contributed by atoms with Crippen LogP contribution in [-0.4, -0.2) is 18.0 Å². The first-order chi connectivity index (χ1) is 6.58. The molecule has 1 N–H and O–H groups in total. The highest BCUT2D eigenvalue weighted by atomic mass is 35.5. The Kier molecular flexibility index (Phi) is 3.35. The fraction of sp³-hybridized carbons (Fsp3) is 0.364. The van der Waals surface area contributed by atoms with Gasteiger partial charge >= 0.3 is 5.90 Å². The minimum atomic E-state index is -0.257. The van der Waals surface area contributed by atoms with Gasteiger partial charge in [0.15, 0.2) is 12.1 Å². The predicted octanol–water partition coefficient (Wildman–Crippen LogP) is -2.53. The number of hydrogen-bond donors (Lipinski definition) is 1. The maximum Gasteiger partial charge on any atom is 0.372 e. The van der Waals surface area contributed by atoms with E-state index in [1.165, 1.54) is 6.07 Å². The summed E-state index contributed by atoms with van der Waals surface area (Å²) in [5, 5.41) is 0. The smallest absolute Gasteiger partial charge is 0.372 e. The van der Waals surface area contributed by atoms with Crippen molar-refractivity contribution in [1.82, 2.24) is 0 Å². The van der Waals surface area contributed by atoms with Gasteiger partial charge in [-0.3, -0.25) is 0 Å². The van der Waals surface area contributed by atoms with Crippen molar-refractivity contribution in [2.24, 2.45) is 0 Å². The quantitative estimate of drug-likeness (QED) is 0.564. The number of benzene rings is 1. The third kappa shape index (κ3) is 2.48. The van der Waals surface area contributed by atoms with Gasteiger partial charge in [0.2, 0.25) is 0 Å². The molecule has 0 aliphatic carbocycles. The molecule has 82 valence electrons. The molecule has 1 aliphatic rings. The Bertz CT molecular complexity index is 390. The van der Waals surface area contributed by atoms with Crippen molar-refractivity contribution in [2.45, 2.75) is 19.4 Å². The zero-order valence-electron chi connectivity index (χ0n) is 8.68. The molecule has 0 aromatic heterocycles. The summed E-state index contributed by atoms with van der Waals surface area (Å²) < 4.78 is 18.8. The molecule has 2 nitrogen and oxygen atoms in total. The third-order valence-corrected chi connectivity index (χ3v) is 2.15. The van der Waals surface area contributed by atoms with Gasteiger partial charge in [-0.25, -0.2) is 9.38 Å². The number of nitrogens with one attached hydrogen (secondary N) is 1. The molecule has 0 unspecified atom stereocenters. The van der Waals surface area contributed by atoms with Crippen LogP contribution in [0.3, 0.4) is 0 Å². The summed E-state index contributed by atoms with van der Waals surface area (Å²) in [7, 11) is 0. The van der Waals surface area contributed by atoms with Gasteiger partial charge in [-0.1, -0.05) is 12.1 Å². The van der Waals surface area contributed by atoms with Crippen molar-refractivity contribution < 1.29 is 26.5 Å². The maximum absolute atomic E-state index is 13.4. The molecule has 0 spiro atoms. The van der Waals surface area contributed by atoms with Crippen LogP contribution < -0.4 is 17.4 Å². The van der Waals surface area contributed by atoms with E-state index in [2.05, 4.69) is 4.99 Å². The normalized spacial score (nSPS) is 17.7. The van der Waals surface area contributed by atoms with E-state index >= 15 is 0 Å². The first kappa shape index (κ1) is 12.0. The number of ether oxygens (including phenoxy) is 1. The highest BCUT2D eigenvalue weighted by molar-refractivity contribution is 5.90. The van der Waals surface area contributed by atoms with Crippen LogP contribution >= 0.6 is 0 Å². The molecule has 2 rings (SSSR count).